The Morgan fingerprint density at radius 1 is 1.30 bits per heavy atom. The summed E-state index contributed by atoms with van der Waals surface area (Å²) in [5.41, 5.74) is 1.99. The predicted molar refractivity (Wildman–Crippen MR) is 75.8 cm³/mol. The van der Waals surface area contributed by atoms with E-state index in [1.54, 1.807) is 24.3 Å². The van der Waals surface area contributed by atoms with Gasteiger partial charge in [-0.2, -0.15) is 0 Å². The van der Waals surface area contributed by atoms with Crippen molar-refractivity contribution in [2.75, 3.05) is 0 Å². The molecule has 0 amide bonds. The van der Waals surface area contributed by atoms with Crippen molar-refractivity contribution in [3.8, 4) is 11.3 Å². The standard InChI is InChI=1S/C14H9ClN2O3/c1-8-6-11(14-13(17(18)19)4-5-20-14)10-3-2-9(15)7-12(10)16-8/h2-7H,1H3. The van der Waals surface area contributed by atoms with Gasteiger partial charge in [-0.25, -0.2) is 0 Å². The van der Waals surface area contributed by atoms with Crippen LogP contribution in [0.5, 0.6) is 0 Å². The Balaban J connectivity index is 2.35. The summed E-state index contributed by atoms with van der Waals surface area (Å²) in [5, 5.41) is 12.4. The van der Waals surface area contributed by atoms with E-state index in [1.165, 1.54) is 12.3 Å². The molecule has 0 aliphatic carbocycles. The van der Waals surface area contributed by atoms with Crippen molar-refractivity contribution in [3.63, 3.8) is 0 Å². The molecule has 2 aromatic heterocycles. The maximum atomic E-state index is 11.0. The number of nitrogens with zero attached hydrogens (tertiary/aromatic N) is 2. The first-order valence-corrected chi connectivity index (χ1v) is 6.23. The fraction of sp³-hybridized carbons (Fsp3) is 0.0714. The van der Waals surface area contributed by atoms with Gasteiger partial charge in [-0.15, -0.1) is 0 Å². The van der Waals surface area contributed by atoms with E-state index in [-0.39, 0.29) is 11.4 Å². The van der Waals surface area contributed by atoms with Crippen LogP contribution in [-0.4, -0.2) is 9.91 Å². The summed E-state index contributed by atoms with van der Waals surface area (Å²) >= 11 is 5.96. The van der Waals surface area contributed by atoms with Crippen molar-refractivity contribution in [2.45, 2.75) is 6.92 Å². The Morgan fingerprint density at radius 2 is 2.10 bits per heavy atom. The Bertz CT molecular complexity index is 821. The molecule has 20 heavy (non-hydrogen) atoms. The minimum atomic E-state index is -0.462. The normalized spacial score (nSPS) is 10.9. The Kier molecular flexibility index (Phi) is 2.91. The van der Waals surface area contributed by atoms with Crippen LogP contribution in [0, 0.1) is 17.0 Å². The summed E-state index contributed by atoms with van der Waals surface area (Å²) in [7, 11) is 0. The van der Waals surface area contributed by atoms with E-state index in [9.17, 15) is 10.1 Å². The van der Waals surface area contributed by atoms with Crippen molar-refractivity contribution in [1.29, 1.82) is 0 Å². The molecule has 0 N–H and O–H groups in total. The van der Waals surface area contributed by atoms with Crippen molar-refractivity contribution in [3.05, 3.63) is 57.4 Å². The van der Waals surface area contributed by atoms with Crippen LogP contribution in [0.3, 0.4) is 0 Å². The number of nitro groups is 1. The molecular formula is C14H9ClN2O3. The lowest BCUT2D eigenvalue weighted by molar-refractivity contribution is -0.384. The first kappa shape index (κ1) is 12.6. The third kappa shape index (κ3) is 2.02. The third-order valence-electron chi connectivity index (χ3n) is 2.99. The van der Waals surface area contributed by atoms with Gasteiger partial charge in [0.15, 0.2) is 0 Å². The summed E-state index contributed by atoms with van der Waals surface area (Å²) in [6.45, 7) is 1.82. The minimum absolute atomic E-state index is 0.0631. The lowest BCUT2D eigenvalue weighted by atomic mass is 10.0. The number of fused-ring (bicyclic) bond motifs is 1. The Hall–Kier alpha value is -2.40. The summed E-state index contributed by atoms with van der Waals surface area (Å²) in [5.74, 6) is 0.229. The van der Waals surface area contributed by atoms with Crippen molar-refractivity contribution in [2.24, 2.45) is 0 Å². The molecule has 100 valence electrons. The molecule has 0 radical (unpaired) electrons. The SMILES string of the molecule is Cc1cc(-c2occc2[N+](=O)[O-])c2ccc(Cl)cc2n1. The molecular weight excluding hydrogens is 280 g/mol. The zero-order valence-corrected chi connectivity index (χ0v) is 11.2. The first-order valence-electron chi connectivity index (χ1n) is 5.85. The monoisotopic (exact) mass is 288 g/mol. The molecule has 3 rings (SSSR count). The molecule has 3 aromatic rings. The van der Waals surface area contributed by atoms with Crippen LogP contribution in [0.15, 0.2) is 41.0 Å². The van der Waals surface area contributed by atoms with E-state index < -0.39 is 4.92 Å². The van der Waals surface area contributed by atoms with E-state index in [2.05, 4.69) is 4.98 Å². The van der Waals surface area contributed by atoms with Gasteiger partial charge in [-0.1, -0.05) is 17.7 Å². The predicted octanol–water partition coefficient (Wildman–Crippen LogP) is 4.36. The van der Waals surface area contributed by atoms with Gasteiger partial charge in [-0.3, -0.25) is 15.1 Å². The molecule has 0 unspecified atom stereocenters. The second-order valence-electron chi connectivity index (χ2n) is 4.36. The van der Waals surface area contributed by atoms with Gasteiger partial charge in [0.05, 0.1) is 22.8 Å². The highest BCUT2D eigenvalue weighted by Gasteiger charge is 2.21. The number of pyridine rings is 1. The molecule has 1 aromatic carbocycles. The minimum Gasteiger partial charge on any atom is -0.457 e. The quantitative estimate of drug-likeness (QED) is 0.519. The summed E-state index contributed by atoms with van der Waals surface area (Å²) in [4.78, 5) is 15.0. The summed E-state index contributed by atoms with van der Waals surface area (Å²) < 4.78 is 5.30. The average Bonchev–Trinajstić information content (AvgIpc) is 2.86. The van der Waals surface area contributed by atoms with Crippen molar-refractivity contribution >= 4 is 28.2 Å². The largest absolute Gasteiger partial charge is 0.457 e. The van der Waals surface area contributed by atoms with E-state index in [1.807, 2.05) is 6.92 Å². The van der Waals surface area contributed by atoms with Gasteiger partial charge in [0.1, 0.15) is 0 Å². The molecule has 0 bridgehead atoms. The lowest BCUT2D eigenvalue weighted by Gasteiger charge is -2.06. The van der Waals surface area contributed by atoms with Crippen molar-refractivity contribution < 1.29 is 9.34 Å². The maximum absolute atomic E-state index is 11.0. The van der Waals surface area contributed by atoms with E-state index >= 15 is 0 Å². The van der Waals surface area contributed by atoms with Gasteiger partial charge in [0.2, 0.25) is 5.76 Å². The highest BCUT2D eigenvalue weighted by Crippen LogP contribution is 2.36. The summed E-state index contributed by atoms with van der Waals surface area (Å²) in [6.07, 6.45) is 1.31. The molecule has 0 saturated carbocycles. The van der Waals surface area contributed by atoms with Gasteiger partial charge >= 0.3 is 5.69 Å². The van der Waals surface area contributed by atoms with Crippen LogP contribution < -0.4 is 0 Å². The fourth-order valence-electron chi connectivity index (χ4n) is 2.17. The van der Waals surface area contributed by atoms with E-state index in [0.717, 1.165) is 11.1 Å². The molecule has 0 aliphatic heterocycles. The Labute approximate surface area is 119 Å². The van der Waals surface area contributed by atoms with Crippen LogP contribution in [0.25, 0.3) is 22.2 Å². The number of aromatic nitrogens is 1. The molecule has 5 nitrogen and oxygen atoms in total. The van der Waals surface area contributed by atoms with E-state index in [4.69, 9.17) is 16.0 Å². The van der Waals surface area contributed by atoms with Crippen LogP contribution >= 0.6 is 11.6 Å². The van der Waals surface area contributed by atoms with E-state index in [0.29, 0.717) is 16.1 Å². The zero-order chi connectivity index (χ0) is 14.3. The van der Waals surface area contributed by atoms with Crippen LogP contribution in [0.4, 0.5) is 5.69 Å². The van der Waals surface area contributed by atoms with Crippen LogP contribution in [0.2, 0.25) is 5.02 Å². The number of aryl methyl sites for hydroxylation is 1. The number of hydrogen-bond donors (Lipinski definition) is 0. The third-order valence-corrected chi connectivity index (χ3v) is 3.22. The molecule has 2 heterocycles. The fourth-order valence-corrected chi connectivity index (χ4v) is 2.34. The van der Waals surface area contributed by atoms with Crippen LogP contribution in [0.1, 0.15) is 5.69 Å². The molecule has 6 heteroatoms. The number of furan rings is 1. The highest BCUT2D eigenvalue weighted by molar-refractivity contribution is 6.31. The maximum Gasteiger partial charge on any atom is 0.315 e. The molecule has 0 spiro atoms. The molecule has 0 fully saturated rings. The number of benzene rings is 1. The second kappa shape index (κ2) is 4.61. The molecule has 0 atom stereocenters. The average molecular weight is 289 g/mol. The summed E-state index contributed by atoms with van der Waals surface area (Å²) in [6, 6.07) is 8.34. The van der Waals surface area contributed by atoms with Crippen LogP contribution in [-0.2, 0) is 0 Å². The molecule has 0 aliphatic rings. The molecule has 0 saturated heterocycles. The number of halogens is 1. The second-order valence-corrected chi connectivity index (χ2v) is 4.80. The van der Waals surface area contributed by atoms with Crippen molar-refractivity contribution in [1.82, 2.24) is 4.98 Å². The van der Waals surface area contributed by atoms with Gasteiger partial charge in [0.25, 0.3) is 0 Å². The highest BCUT2D eigenvalue weighted by atomic mass is 35.5. The Morgan fingerprint density at radius 3 is 2.85 bits per heavy atom. The number of hydrogen-bond acceptors (Lipinski definition) is 4. The zero-order valence-electron chi connectivity index (χ0n) is 10.5. The smallest absolute Gasteiger partial charge is 0.315 e. The lowest BCUT2D eigenvalue weighted by Crippen LogP contribution is -1.91. The van der Waals surface area contributed by atoms with Gasteiger partial charge in [-0.05, 0) is 25.1 Å². The first-order chi connectivity index (χ1) is 9.56. The topological polar surface area (TPSA) is 69.2 Å². The van der Waals surface area contributed by atoms with Gasteiger partial charge in [0, 0.05) is 21.7 Å². The van der Waals surface area contributed by atoms with Gasteiger partial charge < -0.3 is 4.42 Å². The number of rotatable bonds is 2.